The molecule has 0 amide bonds. The Balaban J connectivity index is 2.22. The van der Waals surface area contributed by atoms with Crippen LogP contribution >= 0.6 is 0 Å². The molecule has 2 bridgehead atoms. The van der Waals surface area contributed by atoms with Crippen molar-refractivity contribution in [2.75, 3.05) is 6.61 Å². The van der Waals surface area contributed by atoms with Gasteiger partial charge in [-0.05, 0) is 48.7 Å². The highest BCUT2D eigenvalue weighted by Crippen LogP contribution is 2.59. The second-order valence-corrected chi connectivity index (χ2v) is 6.21. The average Bonchev–Trinajstić information content (AvgIpc) is 2.37. The van der Waals surface area contributed by atoms with E-state index in [-0.39, 0.29) is 24.0 Å². The quantitative estimate of drug-likeness (QED) is 0.620. The van der Waals surface area contributed by atoms with Crippen LogP contribution < -0.4 is 0 Å². The van der Waals surface area contributed by atoms with Gasteiger partial charge in [-0.2, -0.15) is 0 Å². The smallest absolute Gasteiger partial charge is 0.334 e. The van der Waals surface area contributed by atoms with E-state index in [2.05, 4.69) is 19.9 Å². The monoisotopic (exact) mass is 278 g/mol. The number of ether oxygens (including phenoxy) is 1. The Morgan fingerprint density at radius 3 is 2.70 bits per heavy atom. The molecule has 110 valence electrons. The van der Waals surface area contributed by atoms with Crippen molar-refractivity contribution in [3.8, 4) is 0 Å². The normalized spacial score (nSPS) is 27.4. The summed E-state index contributed by atoms with van der Waals surface area (Å²) in [4.78, 5) is 22.8. The minimum absolute atomic E-state index is 0.242. The number of fused-ring (bicyclic) bond motifs is 1. The molecule has 0 heterocycles. The van der Waals surface area contributed by atoms with Gasteiger partial charge in [-0.1, -0.05) is 19.9 Å². The lowest BCUT2D eigenvalue weighted by Crippen LogP contribution is -2.47. The van der Waals surface area contributed by atoms with Gasteiger partial charge in [0.25, 0.3) is 0 Å². The molecule has 20 heavy (non-hydrogen) atoms. The van der Waals surface area contributed by atoms with Gasteiger partial charge in [-0.25, -0.2) is 4.79 Å². The number of carbonyl (C=O) groups is 2. The second kappa shape index (κ2) is 5.43. The third kappa shape index (κ3) is 2.65. The third-order valence-electron chi connectivity index (χ3n) is 4.73. The zero-order chi connectivity index (χ0) is 14.9. The van der Waals surface area contributed by atoms with Crippen molar-refractivity contribution in [2.24, 2.45) is 17.3 Å². The number of hydrogen-bond acceptors (Lipinski definition) is 3. The highest BCUT2D eigenvalue weighted by Gasteiger charge is 2.50. The number of esters is 1. The molecule has 0 aromatic rings. The summed E-state index contributed by atoms with van der Waals surface area (Å²) in [5.41, 5.74) is 1.59. The fourth-order valence-corrected chi connectivity index (χ4v) is 3.33. The predicted octanol–water partition coefficient (Wildman–Crippen LogP) is 2.94. The minimum atomic E-state index is -1.01. The molecule has 1 fully saturated rings. The highest BCUT2D eigenvalue weighted by molar-refractivity contribution is 5.94. The number of carbonyl (C=O) groups excluding carboxylic acids is 1. The fourth-order valence-electron chi connectivity index (χ4n) is 3.33. The van der Waals surface area contributed by atoms with Gasteiger partial charge in [0.15, 0.2) is 0 Å². The molecule has 3 aliphatic rings. The van der Waals surface area contributed by atoms with E-state index in [4.69, 9.17) is 9.84 Å². The Hall–Kier alpha value is -1.58. The Kier molecular flexibility index (Phi) is 4.02. The molecule has 3 aliphatic carbocycles. The lowest BCUT2D eigenvalue weighted by Gasteiger charge is -2.56. The average molecular weight is 278 g/mol. The molecule has 4 heteroatoms. The maximum Gasteiger partial charge on any atom is 0.334 e. The zero-order valence-electron chi connectivity index (χ0n) is 12.3. The summed E-state index contributed by atoms with van der Waals surface area (Å²) >= 11 is 0. The molecule has 0 radical (unpaired) electrons. The van der Waals surface area contributed by atoms with E-state index >= 15 is 0 Å². The van der Waals surface area contributed by atoms with Crippen molar-refractivity contribution in [3.63, 3.8) is 0 Å². The van der Waals surface area contributed by atoms with Crippen LogP contribution in [-0.4, -0.2) is 23.7 Å². The Morgan fingerprint density at radius 2 is 2.20 bits per heavy atom. The van der Waals surface area contributed by atoms with Gasteiger partial charge in [-0.3, -0.25) is 4.79 Å². The van der Waals surface area contributed by atoms with Crippen LogP contribution in [0.5, 0.6) is 0 Å². The summed E-state index contributed by atoms with van der Waals surface area (Å²) in [6.07, 6.45) is 5.75. The lowest BCUT2D eigenvalue weighted by atomic mass is 9.49. The van der Waals surface area contributed by atoms with E-state index in [0.717, 1.165) is 24.3 Å². The van der Waals surface area contributed by atoms with Gasteiger partial charge >= 0.3 is 11.9 Å². The number of carboxylic acid groups (broad SMARTS) is 1. The van der Waals surface area contributed by atoms with E-state index in [9.17, 15) is 9.59 Å². The van der Waals surface area contributed by atoms with Gasteiger partial charge in [0, 0.05) is 5.57 Å². The maximum atomic E-state index is 11.9. The van der Waals surface area contributed by atoms with E-state index in [1.807, 2.05) is 0 Å². The Bertz CT molecular complexity index is 485. The maximum absolute atomic E-state index is 11.9. The molecule has 1 saturated carbocycles. The van der Waals surface area contributed by atoms with Crippen molar-refractivity contribution in [3.05, 3.63) is 23.3 Å². The first kappa shape index (κ1) is 14.8. The van der Waals surface area contributed by atoms with Crippen molar-refractivity contribution in [1.29, 1.82) is 0 Å². The van der Waals surface area contributed by atoms with Gasteiger partial charge in [0.2, 0.25) is 0 Å². The third-order valence-corrected chi connectivity index (χ3v) is 4.73. The lowest BCUT2D eigenvalue weighted by molar-refractivity contribution is -0.142. The Labute approximate surface area is 119 Å². The largest absolute Gasteiger partial charge is 0.481 e. The number of hydrogen-bond donors (Lipinski definition) is 1. The van der Waals surface area contributed by atoms with Crippen molar-refractivity contribution >= 4 is 11.9 Å². The van der Waals surface area contributed by atoms with E-state index in [0.29, 0.717) is 5.92 Å². The van der Waals surface area contributed by atoms with Crippen LogP contribution in [0.15, 0.2) is 23.3 Å². The molecule has 1 N–H and O–H groups in total. The van der Waals surface area contributed by atoms with E-state index in [1.165, 1.54) is 0 Å². The van der Waals surface area contributed by atoms with Crippen molar-refractivity contribution in [2.45, 2.75) is 40.0 Å². The molecule has 0 spiro atoms. The van der Waals surface area contributed by atoms with Gasteiger partial charge in [-0.15, -0.1) is 0 Å². The van der Waals surface area contributed by atoms with Crippen LogP contribution in [-0.2, 0) is 14.3 Å². The molecule has 2 unspecified atom stereocenters. The van der Waals surface area contributed by atoms with Gasteiger partial charge in [0.05, 0.1) is 13.0 Å². The second-order valence-electron chi connectivity index (χ2n) is 6.21. The van der Waals surface area contributed by atoms with Crippen LogP contribution in [0.2, 0.25) is 0 Å². The van der Waals surface area contributed by atoms with Crippen LogP contribution in [0.1, 0.15) is 40.0 Å². The van der Waals surface area contributed by atoms with Crippen molar-refractivity contribution in [1.82, 2.24) is 0 Å². The molecule has 2 atom stereocenters. The summed E-state index contributed by atoms with van der Waals surface area (Å²) in [5, 5.41) is 8.94. The SMILES string of the molecule is CCOC(=O)/C(=C/C1=CCC2CC1C2(C)C)CC(=O)O. The molecule has 0 aliphatic heterocycles. The number of rotatable bonds is 5. The van der Waals surface area contributed by atoms with Gasteiger partial charge in [0.1, 0.15) is 0 Å². The standard InChI is InChI=1S/C16H22O4/c1-4-20-15(19)11(8-14(17)18)7-10-5-6-12-9-13(10)16(12,2)3/h5,7,12-13H,4,6,8-9H2,1-3H3,(H,17,18)/b11-7+. The number of allylic oxidation sites excluding steroid dienone is 3. The van der Waals surface area contributed by atoms with Crippen LogP contribution in [0.25, 0.3) is 0 Å². The molecule has 0 saturated heterocycles. The van der Waals surface area contributed by atoms with Gasteiger partial charge < -0.3 is 9.84 Å². The molecule has 0 aromatic carbocycles. The van der Waals surface area contributed by atoms with Crippen LogP contribution in [0.4, 0.5) is 0 Å². The minimum Gasteiger partial charge on any atom is -0.481 e. The topological polar surface area (TPSA) is 63.6 Å². The summed E-state index contributed by atoms with van der Waals surface area (Å²) in [6.45, 7) is 6.46. The van der Waals surface area contributed by atoms with E-state index < -0.39 is 11.9 Å². The molecular formula is C16H22O4. The first-order valence-electron chi connectivity index (χ1n) is 7.15. The van der Waals surface area contributed by atoms with E-state index in [1.54, 1.807) is 13.0 Å². The highest BCUT2D eigenvalue weighted by atomic mass is 16.5. The fraction of sp³-hybridized carbons (Fsp3) is 0.625. The summed E-state index contributed by atoms with van der Waals surface area (Å²) in [7, 11) is 0. The number of carboxylic acids is 1. The van der Waals surface area contributed by atoms with Crippen LogP contribution in [0.3, 0.4) is 0 Å². The molecular weight excluding hydrogens is 256 g/mol. The zero-order valence-corrected chi connectivity index (χ0v) is 12.3. The van der Waals surface area contributed by atoms with Crippen molar-refractivity contribution < 1.29 is 19.4 Å². The molecule has 3 rings (SSSR count). The Morgan fingerprint density at radius 1 is 1.50 bits per heavy atom. The molecule has 0 aromatic heterocycles. The first-order chi connectivity index (χ1) is 9.36. The molecule has 4 nitrogen and oxygen atoms in total. The van der Waals surface area contributed by atoms with Crippen LogP contribution in [0, 0.1) is 17.3 Å². The summed E-state index contributed by atoms with van der Waals surface area (Å²) < 4.78 is 4.95. The summed E-state index contributed by atoms with van der Waals surface area (Å²) in [5.74, 6) is -0.379. The summed E-state index contributed by atoms with van der Waals surface area (Å²) in [6, 6.07) is 0. The number of aliphatic carboxylic acids is 1. The predicted molar refractivity (Wildman–Crippen MR) is 75.0 cm³/mol. The first-order valence-corrected chi connectivity index (χ1v) is 7.15.